The van der Waals surface area contributed by atoms with Crippen molar-refractivity contribution in [2.45, 2.75) is 18.8 Å². The first kappa shape index (κ1) is 25.2. The highest BCUT2D eigenvalue weighted by molar-refractivity contribution is 5.94. The Hall–Kier alpha value is -5.04. The number of esters is 1. The van der Waals surface area contributed by atoms with Crippen LogP contribution >= 0.6 is 0 Å². The lowest BCUT2D eigenvalue weighted by Gasteiger charge is -2.26. The Kier molecular flexibility index (Phi) is 6.70. The first-order valence-corrected chi connectivity index (χ1v) is 12.9. The first-order chi connectivity index (χ1) is 19.5. The Morgan fingerprint density at radius 1 is 0.925 bits per heavy atom. The van der Waals surface area contributed by atoms with Gasteiger partial charge in [-0.05, 0) is 41.0 Å². The predicted molar refractivity (Wildman–Crippen MR) is 150 cm³/mol. The van der Waals surface area contributed by atoms with Crippen LogP contribution in [0.4, 0.5) is 0 Å². The Morgan fingerprint density at radius 2 is 1.65 bits per heavy atom. The molecule has 200 valence electrons. The van der Waals surface area contributed by atoms with E-state index in [0.29, 0.717) is 29.0 Å². The number of phenols is 1. The maximum absolute atomic E-state index is 13.5. The van der Waals surface area contributed by atoms with Gasteiger partial charge in [-0.1, -0.05) is 54.6 Å². The van der Waals surface area contributed by atoms with Crippen LogP contribution in [0, 0.1) is 0 Å². The Balaban J connectivity index is 1.30. The van der Waals surface area contributed by atoms with Crippen LogP contribution in [-0.4, -0.2) is 24.8 Å². The van der Waals surface area contributed by atoms with Gasteiger partial charge in [0.05, 0.1) is 25.7 Å². The lowest BCUT2D eigenvalue weighted by atomic mass is 9.85. The highest BCUT2D eigenvalue weighted by atomic mass is 16.5. The summed E-state index contributed by atoms with van der Waals surface area (Å²) in [5.74, 6) is 0.534. The van der Waals surface area contributed by atoms with E-state index in [4.69, 9.17) is 18.6 Å². The zero-order chi connectivity index (χ0) is 27.6. The fraction of sp³-hybridized carbons (Fsp3) is 0.152. The molecular formula is C33H26O7. The van der Waals surface area contributed by atoms with E-state index in [1.807, 2.05) is 66.7 Å². The number of hydrogen-bond acceptors (Lipinski definition) is 7. The standard InChI is InChI=1S/C33H26O7/c1-37-23-11-7-20(8-12-23)15-16-38-24-13-9-22(10-14-24)25-17-29(35)40-28-18-27(34)31-32(36)26(19-39-33(31)30(25)28)21-5-3-2-4-6-21/h2-14,18-19,25,34H,15-17H2,1H3/t25-/m0/s1. The number of fused-ring (bicyclic) bond motifs is 3. The van der Waals surface area contributed by atoms with Gasteiger partial charge in [-0.2, -0.15) is 0 Å². The summed E-state index contributed by atoms with van der Waals surface area (Å²) in [5.41, 5.74) is 3.40. The van der Waals surface area contributed by atoms with Gasteiger partial charge in [-0.15, -0.1) is 0 Å². The summed E-state index contributed by atoms with van der Waals surface area (Å²) >= 11 is 0. The summed E-state index contributed by atoms with van der Waals surface area (Å²) in [5, 5.41) is 10.8. The van der Waals surface area contributed by atoms with E-state index in [-0.39, 0.29) is 34.3 Å². The van der Waals surface area contributed by atoms with Crippen molar-refractivity contribution in [2.24, 2.45) is 0 Å². The number of carbonyl (C=O) groups excluding carboxylic acids is 1. The molecule has 1 N–H and O–H groups in total. The fourth-order valence-corrected chi connectivity index (χ4v) is 5.11. The van der Waals surface area contributed by atoms with E-state index in [0.717, 1.165) is 23.3 Å². The molecule has 0 fully saturated rings. The second kappa shape index (κ2) is 10.6. The van der Waals surface area contributed by atoms with Crippen LogP contribution in [0.5, 0.6) is 23.0 Å². The minimum Gasteiger partial charge on any atom is -0.507 e. The Labute approximate surface area is 230 Å². The van der Waals surface area contributed by atoms with Crippen LogP contribution < -0.4 is 19.6 Å². The monoisotopic (exact) mass is 534 g/mol. The van der Waals surface area contributed by atoms with Crippen molar-refractivity contribution < 1.29 is 28.5 Å². The summed E-state index contributed by atoms with van der Waals surface area (Å²) < 4.78 is 22.6. The number of rotatable bonds is 7. The average Bonchev–Trinajstić information content (AvgIpc) is 2.98. The molecule has 40 heavy (non-hydrogen) atoms. The molecule has 7 heteroatoms. The van der Waals surface area contributed by atoms with Gasteiger partial charge in [0, 0.05) is 24.0 Å². The van der Waals surface area contributed by atoms with Crippen LogP contribution in [0.1, 0.15) is 29.0 Å². The molecule has 0 bridgehead atoms. The van der Waals surface area contributed by atoms with Gasteiger partial charge in [0.25, 0.3) is 0 Å². The fourth-order valence-electron chi connectivity index (χ4n) is 5.11. The predicted octanol–water partition coefficient (Wildman–Crippen LogP) is 6.24. The van der Waals surface area contributed by atoms with E-state index in [2.05, 4.69) is 0 Å². The van der Waals surface area contributed by atoms with E-state index >= 15 is 0 Å². The molecule has 6 rings (SSSR count). The third-order valence-corrected chi connectivity index (χ3v) is 7.16. The molecule has 1 aliphatic rings. The molecule has 1 atom stereocenters. The second-order valence-corrected chi connectivity index (χ2v) is 9.60. The number of ether oxygens (including phenoxy) is 3. The molecular weight excluding hydrogens is 508 g/mol. The van der Waals surface area contributed by atoms with Crippen LogP contribution in [0.3, 0.4) is 0 Å². The topological polar surface area (TPSA) is 95.2 Å². The lowest BCUT2D eigenvalue weighted by Crippen LogP contribution is -2.22. The largest absolute Gasteiger partial charge is 0.507 e. The highest BCUT2D eigenvalue weighted by Crippen LogP contribution is 2.45. The minimum absolute atomic E-state index is 0.0570. The van der Waals surface area contributed by atoms with Gasteiger partial charge in [0.2, 0.25) is 5.43 Å². The summed E-state index contributed by atoms with van der Waals surface area (Å²) in [4.78, 5) is 26.0. The molecule has 7 nitrogen and oxygen atoms in total. The normalized spacial score (nSPS) is 14.4. The molecule has 2 heterocycles. The molecule has 0 saturated heterocycles. The summed E-state index contributed by atoms with van der Waals surface area (Å²) in [6.45, 7) is 0.503. The molecule has 0 aliphatic carbocycles. The molecule has 1 aromatic heterocycles. The first-order valence-electron chi connectivity index (χ1n) is 12.9. The molecule has 1 aliphatic heterocycles. The minimum atomic E-state index is -0.432. The SMILES string of the molecule is COc1ccc(CCOc2ccc([C@@H]3CC(=O)Oc4cc(O)c5c(=O)c(-c6ccccc6)coc5c43)cc2)cc1. The lowest BCUT2D eigenvalue weighted by molar-refractivity contribution is -0.135. The quantitative estimate of drug-likeness (QED) is 0.195. The molecule has 0 amide bonds. The van der Waals surface area contributed by atoms with Gasteiger partial charge < -0.3 is 23.7 Å². The van der Waals surface area contributed by atoms with Crippen molar-refractivity contribution in [2.75, 3.05) is 13.7 Å². The maximum Gasteiger partial charge on any atom is 0.312 e. The number of phenolic OH excluding ortho intramolecular Hbond substituents is 1. The van der Waals surface area contributed by atoms with Crippen molar-refractivity contribution >= 4 is 16.9 Å². The number of hydrogen-bond donors (Lipinski definition) is 1. The van der Waals surface area contributed by atoms with Crippen LogP contribution in [0.2, 0.25) is 0 Å². The number of methoxy groups -OCH3 is 1. The van der Waals surface area contributed by atoms with Gasteiger partial charge >= 0.3 is 5.97 Å². The maximum atomic E-state index is 13.5. The molecule has 0 unspecified atom stereocenters. The molecule has 0 saturated carbocycles. The van der Waals surface area contributed by atoms with E-state index in [1.165, 1.54) is 12.3 Å². The van der Waals surface area contributed by atoms with Gasteiger partial charge in [0.1, 0.15) is 40.2 Å². The Bertz CT molecular complexity index is 1740. The van der Waals surface area contributed by atoms with Crippen molar-refractivity contribution in [3.05, 3.63) is 118 Å². The third kappa shape index (κ3) is 4.78. The number of benzene rings is 4. The van der Waals surface area contributed by atoms with E-state index in [1.54, 1.807) is 19.2 Å². The van der Waals surface area contributed by atoms with Crippen molar-refractivity contribution in [3.63, 3.8) is 0 Å². The van der Waals surface area contributed by atoms with Crippen LogP contribution in [-0.2, 0) is 11.2 Å². The molecule has 5 aromatic rings. The van der Waals surface area contributed by atoms with Gasteiger partial charge in [0.15, 0.2) is 0 Å². The van der Waals surface area contributed by atoms with Crippen molar-refractivity contribution in [3.8, 4) is 34.1 Å². The average molecular weight is 535 g/mol. The van der Waals surface area contributed by atoms with E-state index in [9.17, 15) is 14.7 Å². The van der Waals surface area contributed by atoms with Crippen LogP contribution in [0.15, 0.2) is 100 Å². The zero-order valence-corrected chi connectivity index (χ0v) is 21.8. The van der Waals surface area contributed by atoms with Crippen molar-refractivity contribution in [1.82, 2.24) is 0 Å². The van der Waals surface area contributed by atoms with Gasteiger partial charge in [-0.3, -0.25) is 9.59 Å². The summed E-state index contributed by atoms with van der Waals surface area (Å²) in [7, 11) is 1.64. The zero-order valence-electron chi connectivity index (χ0n) is 21.8. The van der Waals surface area contributed by atoms with Crippen molar-refractivity contribution in [1.29, 1.82) is 0 Å². The van der Waals surface area contributed by atoms with Gasteiger partial charge in [-0.25, -0.2) is 0 Å². The molecule has 0 spiro atoms. The smallest absolute Gasteiger partial charge is 0.312 e. The highest BCUT2D eigenvalue weighted by Gasteiger charge is 2.33. The van der Waals surface area contributed by atoms with E-state index < -0.39 is 11.9 Å². The Morgan fingerprint density at radius 3 is 2.38 bits per heavy atom. The molecule has 4 aromatic carbocycles. The number of carbonyl (C=O) groups is 1. The molecule has 0 radical (unpaired) electrons. The second-order valence-electron chi connectivity index (χ2n) is 9.60. The summed E-state index contributed by atoms with van der Waals surface area (Å²) in [6.07, 6.45) is 2.20. The number of aromatic hydroxyl groups is 1. The summed E-state index contributed by atoms with van der Waals surface area (Å²) in [6, 6.07) is 25.8. The van der Waals surface area contributed by atoms with Crippen LogP contribution in [0.25, 0.3) is 22.1 Å². The third-order valence-electron chi connectivity index (χ3n) is 7.16.